The first-order valence-corrected chi connectivity index (χ1v) is 9.32. The quantitative estimate of drug-likeness (QED) is 0.795. The topological polar surface area (TPSA) is 84.9 Å². The maximum absolute atomic E-state index is 12.8. The number of carbonyl (C=O) groups excluding carboxylic acids is 1. The number of methoxy groups -OCH3 is 2. The van der Waals surface area contributed by atoms with E-state index in [-0.39, 0.29) is 28.2 Å². The smallest absolute Gasteiger partial charge is 0.251 e. The van der Waals surface area contributed by atoms with Crippen LogP contribution < -0.4 is 10.1 Å². The maximum Gasteiger partial charge on any atom is 0.251 e. The number of amides is 1. The first kappa shape index (κ1) is 18.7. The minimum atomic E-state index is -3.67. The van der Waals surface area contributed by atoms with Crippen LogP contribution in [-0.2, 0) is 14.8 Å². The molecule has 2 rings (SSSR count). The van der Waals surface area contributed by atoms with Gasteiger partial charge in [-0.3, -0.25) is 4.79 Å². The van der Waals surface area contributed by atoms with Crippen molar-refractivity contribution in [3.05, 3.63) is 23.8 Å². The molecule has 1 atom stereocenters. The Morgan fingerprint density at radius 2 is 1.96 bits per heavy atom. The number of sulfonamides is 1. The van der Waals surface area contributed by atoms with E-state index in [0.29, 0.717) is 19.7 Å². The molecule has 0 saturated carbocycles. The van der Waals surface area contributed by atoms with Gasteiger partial charge in [-0.2, -0.15) is 4.31 Å². The summed E-state index contributed by atoms with van der Waals surface area (Å²) >= 11 is 0. The second kappa shape index (κ2) is 7.96. The molecule has 8 heteroatoms. The molecule has 0 bridgehead atoms. The highest BCUT2D eigenvalue weighted by Gasteiger charge is 2.30. The Bertz CT molecular complexity index is 684. The summed E-state index contributed by atoms with van der Waals surface area (Å²) in [5, 5.41) is 2.77. The molecule has 1 aliphatic rings. The largest absolute Gasteiger partial charge is 0.495 e. The highest BCUT2D eigenvalue weighted by Crippen LogP contribution is 2.29. The number of nitrogens with one attached hydrogen (secondary N) is 1. The molecule has 1 aromatic carbocycles. The van der Waals surface area contributed by atoms with Gasteiger partial charge in [0.25, 0.3) is 5.91 Å². The lowest BCUT2D eigenvalue weighted by atomic mass is 10.2. The zero-order chi connectivity index (χ0) is 17.7. The highest BCUT2D eigenvalue weighted by molar-refractivity contribution is 7.89. The number of ether oxygens (including phenoxy) is 2. The summed E-state index contributed by atoms with van der Waals surface area (Å²) in [6.07, 6.45) is 1.69. The van der Waals surface area contributed by atoms with E-state index in [1.165, 1.54) is 23.5 Å². The van der Waals surface area contributed by atoms with E-state index in [1.54, 1.807) is 13.2 Å². The SMILES string of the molecule is COC[C@@H](C)NC(=O)c1ccc(OC)c(S(=O)(=O)N2CCCC2)c1. The Labute approximate surface area is 143 Å². The molecular weight excluding hydrogens is 332 g/mol. The molecule has 1 amide bonds. The number of hydrogen-bond donors (Lipinski definition) is 1. The van der Waals surface area contributed by atoms with E-state index in [2.05, 4.69) is 5.32 Å². The third kappa shape index (κ3) is 4.06. The maximum atomic E-state index is 12.8. The van der Waals surface area contributed by atoms with E-state index in [4.69, 9.17) is 9.47 Å². The van der Waals surface area contributed by atoms with Crippen molar-refractivity contribution in [2.75, 3.05) is 33.9 Å². The van der Waals surface area contributed by atoms with Gasteiger partial charge in [0, 0.05) is 31.8 Å². The van der Waals surface area contributed by atoms with Crippen LogP contribution in [-0.4, -0.2) is 58.6 Å². The molecule has 0 spiro atoms. The van der Waals surface area contributed by atoms with Crippen molar-refractivity contribution in [3.63, 3.8) is 0 Å². The molecule has 1 aliphatic heterocycles. The zero-order valence-electron chi connectivity index (χ0n) is 14.2. The Morgan fingerprint density at radius 3 is 2.54 bits per heavy atom. The van der Waals surface area contributed by atoms with Gasteiger partial charge in [-0.15, -0.1) is 0 Å². The first-order valence-electron chi connectivity index (χ1n) is 7.88. The van der Waals surface area contributed by atoms with Crippen molar-refractivity contribution in [1.29, 1.82) is 0 Å². The number of rotatable bonds is 7. The lowest BCUT2D eigenvalue weighted by molar-refractivity contribution is 0.0905. The lowest BCUT2D eigenvalue weighted by Gasteiger charge is -2.19. The summed E-state index contributed by atoms with van der Waals surface area (Å²) in [7, 11) is -0.705. The summed E-state index contributed by atoms with van der Waals surface area (Å²) in [6.45, 7) is 3.17. The molecular formula is C16H24N2O5S. The predicted octanol–water partition coefficient (Wildman–Crippen LogP) is 1.24. The molecule has 7 nitrogen and oxygen atoms in total. The van der Waals surface area contributed by atoms with Gasteiger partial charge in [-0.25, -0.2) is 8.42 Å². The molecule has 134 valence electrons. The van der Waals surface area contributed by atoms with E-state index in [0.717, 1.165) is 12.8 Å². The predicted molar refractivity (Wildman–Crippen MR) is 89.8 cm³/mol. The molecule has 24 heavy (non-hydrogen) atoms. The van der Waals surface area contributed by atoms with Crippen LogP contribution in [0.4, 0.5) is 0 Å². The third-order valence-electron chi connectivity index (χ3n) is 3.90. The van der Waals surface area contributed by atoms with Crippen molar-refractivity contribution in [2.45, 2.75) is 30.7 Å². The molecule has 1 saturated heterocycles. The normalized spacial score (nSPS) is 16.8. The van der Waals surface area contributed by atoms with Gasteiger partial charge in [-0.05, 0) is 38.0 Å². The number of hydrogen-bond acceptors (Lipinski definition) is 5. The average molecular weight is 356 g/mol. The Balaban J connectivity index is 2.32. The minimum absolute atomic E-state index is 0.0268. The van der Waals surface area contributed by atoms with Crippen LogP contribution in [0, 0.1) is 0 Å². The molecule has 1 heterocycles. The summed E-state index contributed by atoms with van der Waals surface area (Å²) in [5.41, 5.74) is 0.275. The van der Waals surface area contributed by atoms with Gasteiger partial charge < -0.3 is 14.8 Å². The van der Waals surface area contributed by atoms with Crippen LogP contribution in [0.5, 0.6) is 5.75 Å². The van der Waals surface area contributed by atoms with Crippen LogP contribution >= 0.6 is 0 Å². The van der Waals surface area contributed by atoms with E-state index >= 15 is 0 Å². The zero-order valence-corrected chi connectivity index (χ0v) is 15.1. The van der Waals surface area contributed by atoms with Gasteiger partial charge in [0.2, 0.25) is 10.0 Å². The Morgan fingerprint density at radius 1 is 1.29 bits per heavy atom. The molecule has 0 radical (unpaired) electrons. The summed E-state index contributed by atoms with van der Waals surface area (Å²) in [6, 6.07) is 4.26. The Hall–Kier alpha value is -1.64. The number of benzene rings is 1. The fourth-order valence-corrected chi connectivity index (χ4v) is 4.38. The van der Waals surface area contributed by atoms with E-state index in [9.17, 15) is 13.2 Å². The van der Waals surface area contributed by atoms with Gasteiger partial charge in [0.15, 0.2) is 0 Å². The highest BCUT2D eigenvalue weighted by atomic mass is 32.2. The van der Waals surface area contributed by atoms with Crippen LogP contribution in [0.1, 0.15) is 30.1 Å². The van der Waals surface area contributed by atoms with Crippen LogP contribution in [0.3, 0.4) is 0 Å². The van der Waals surface area contributed by atoms with E-state index in [1.807, 2.05) is 6.92 Å². The van der Waals surface area contributed by atoms with Gasteiger partial charge >= 0.3 is 0 Å². The Kier molecular flexibility index (Phi) is 6.20. The second-order valence-electron chi connectivity index (χ2n) is 5.81. The molecule has 0 aromatic heterocycles. The van der Waals surface area contributed by atoms with Crippen molar-refractivity contribution < 1.29 is 22.7 Å². The van der Waals surface area contributed by atoms with Gasteiger partial charge in [0.05, 0.1) is 13.7 Å². The van der Waals surface area contributed by atoms with Crippen LogP contribution in [0.25, 0.3) is 0 Å². The summed E-state index contributed by atoms with van der Waals surface area (Å²) in [4.78, 5) is 12.3. The van der Waals surface area contributed by atoms with Crippen molar-refractivity contribution >= 4 is 15.9 Å². The monoisotopic (exact) mass is 356 g/mol. The standard InChI is InChI=1S/C16H24N2O5S/c1-12(11-22-2)17-16(19)13-6-7-14(23-3)15(10-13)24(20,21)18-8-4-5-9-18/h6-7,10,12H,4-5,8-9,11H2,1-3H3,(H,17,19)/t12-/m1/s1. The van der Waals surface area contributed by atoms with Crippen LogP contribution in [0.2, 0.25) is 0 Å². The fraction of sp³-hybridized carbons (Fsp3) is 0.562. The summed E-state index contributed by atoms with van der Waals surface area (Å²) < 4.78 is 37.2. The average Bonchev–Trinajstić information content (AvgIpc) is 3.09. The number of carbonyl (C=O) groups is 1. The third-order valence-corrected chi connectivity index (χ3v) is 5.82. The minimum Gasteiger partial charge on any atom is -0.495 e. The van der Waals surface area contributed by atoms with Crippen molar-refractivity contribution in [3.8, 4) is 5.75 Å². The van der Waals surface area contributed by atoms with Gasteiger partial charge in [-0.1, -0.05) is 0 Å². The van der Waals surface area contributed by atoms with Crippen LogP contribution in [0.15, 0.2) is 23.1 Å². The van der Waals surface area contributed by atoms with E-state index < -0.39 is 10.0 Å². The lowest BCUT2D eigenvalue weighted by Crippen LogP contribution is -2.35. The molecule has 0 aliphatic carbocycles. The van der Waals surface area contributed by atoms with Crippen molar-refractivity contribution in [1.82, 2.24) is 9.62 Å². The molecule has 1 N–H and O–H groups in total. The molecule has 1 aromatic rings. The molecule has 1 fully saturated rings. The van der Waals surface area contributed by atoms with Crippen molar-refractivity contribution in [2.24, 2.45) is 0 Å². The first-order chi connectivity index (χ1) is 11.4. The fourth-order valence-electron chi connectivity index (χ4n) is 2.69. The second-order valence-corrected chi connectivity index (χ2v) is 7.71. The summed E-state index contributed by atoms with van der Waals surface area (Å²) in [5.74, 6) is -0.108. The van der Waals surface area contributed by atoms with Gasteiger partial charge in [0.1, 0.15) is 10.6 Å². The number of nitrogens with zero attached hydrogens (tertiary/aromatic N) is 1. The molecule has 0 unspecified atom stereocenters.